The number of ether oxygens (including phenoxy) is 2. The van der Waals surface area contributed by atoms with Crippen molar-refractivity contribution in [3.63, 3.8) is 0 Å². The highest BCUT2D eigenvalue weighted by Gasteiger charge is 2.01. The molecule has 3 N–H and O–H groups in total. The predicted octanol–water partition coefficient (Wildman–Crippen LogP) is -0.679. The second-order valence-corrected chi connectivity index (χ2v) is 2.75. The fourth-order valence-corrected chi connectivity index (χ4v) is 0.473. The topological polar surface area (TPSA) is 88.0 Å². The SMILES string of the molecule is CC(O)C(=O)O.COCCNCCOC. The number of nitrogens with one attached hydrogen (secondary N) is 1. The van der Waals surface area contributed by atoms with E-state index in [4.69, 9.17) is 19.7 Å². The maximum Gasteiger partial charge on any atom is 0.332 e. The van der Waals surface area contributed by atoms with Crippen LogP contribution in [0.3, 0.4) is 0 Å². The molecule has 6 nitrogen and oxygen atoms in total. The Morgan fingerprint density at radius 2 is 1.60 bits per heavy atom. The number of carbonyl (C=O) groups is 1. The molecule has 1 atom stereocenters. The van der Waals surface area contributed by atoms with Gasteiger partial charge in [-0.2, -0.15) is 0 Å². The van der Waals surface area contributed by atoms with E-state index in [1.54, 1.807) is 14.2 Å². The summed E-state index contributed by atoms with van der Waals surface area (Å²) in [6.07, 6.45) is -1.23. The summed E-state index contributed by atoms with van der Waals surface area (Å²) in [4.78, 5) is 9.45. The molecular formula is C9H21NO5. The van der Waals surface area contributed by atoms with Crippen LogP contribution in [0.15, 0.2) is 0 Å². The van der Waals surface area contributed by atoms with Gasteiger partial charge in [-0.25, -0.2) is 4.79 Å². The third-order valence-corrected chi connectivity index (χ3v) is 1.32. The summed E-state index contributed by atoms with van der Waals surface area (Å²) in [5, 5.41) is 18.9. The first-order valence-electron chi connectivity index (χ1n) is 4.65. The Morgan fingerprint density at radius 1 is 1.27 bits per heavy atom. The quantitative estimate of drug-likeness (QED) is 0.496. The van der Waals surface area contributed by atoms with Crippen molar-refractivity contribution in [3.8, 4) is 0 Å². The molecule has 0 heterocycles. The van der Waals surface area contributed by atoms with Gasteiger partial charge in [0.05, 0.1) is 13.2 Å². The average Bonchev–Trinajstić information content (AvgIpc) is 2.18. The van der Waals surface area contributed by atoms with Gasteiger partial charge in [0.2, 0.25) is 0 Å². The van der Waals surface area contributed by atoms with E-state index in [1.807, 2.05) is 0 Å². The molecule has 0 bridgehead atoms. The van der Waals surface area contributed by atoms with E-state index in [9.17, 15) is 4.79 Å². The fraction of sp³-hybridized carbons (Fsp3) is 0.889. The van der Waals surface area contributed by atoms with Gasteiger partial charge in [0.1, 0.15) is 6.10 Å². The summed E-state index contributed by atoms with van der Waals surface area (Å²) >= 11 is 0. The fourth-order valence-electron chi connectivity index (χ4n) is 0.473. The van der Waals surface area contributed by atoms with E-state index < -0.39 is 12.1 Å². The van der Waals surface area contributed by atoms with Gasteiger partial charge in [-0.1, -0.05) is 0 Å². The van der Waals surface area contributed by atoms with Crippen LogP contribution in [0.5, 0.6) is 0 Å². The van der Waals surface area contributed by atoms with Gasteiger partial charge in [0.25, 0.3) is 0 Å². The van der Waals surface area contributed by atoms with Crippen LogP contribution in [0.2, 0.25) is 0 Å². The molecule has 0 spiro atoms. The zero-order valence-corrected chi connectivity index (χ0v) is 9.52. The summed E-state index contributed by atoms with van der Waals surface area (Å²) in [7, 11) is 3.38. The minimum absolute atomic E-state index is 0.768. The normalized spacial score (nSPS) is 11.5. The molecule has 0 radical (unpaired) electrons. The minimum atomic E-state index is -1.23. The van der Waals surface area contributed by atoms with Gasteiger partial charge < -0.3 is 25.0 Å². The maximum absolute atomic E-state index is 9.45. The lowest BCUT2D eigenvalue weighted by atomic mass is 10.4. The zero-order chi connectivity index (χ0) is 12.1. The number of hydrogen-bond donors (Lipinski definition) is 3. The largest absolute Gasteiger partial charge is 0.479 e. The van der Waals surface area contributed by atoms with Crippen LogP contribution in [0.1, 0.15) is 6.92 Å². The molecule has 0 aromatic carbocycles. The van der Waals surface area contributed by atoms with Gasteiger partial charge in [-0.15, -0.1) is 0 Å². The summed E-state index contributed by atoms with van der Waals surface area (Å²) < 4.78 is 9.64. The first-order chi connectivity index (χ1) is 7.06. The minimum Gasteiger partial charge on any atom is -0.479 e. The number of hydrogen-bond acceptors (Lipinski definition) is 5. The van der Waals surface area contributed by atoms with Crippen molar-refractivity contribution in [1.29, 1.82) is 0 Å². The number of carboxylic acid groups (broad SMARTS) is 1. The lowest BCUT2D eigenvalue weighted by molar-refractivity contribution is -0.145. The van der Waals surface area contributed by atoms with Crippen molar-refractivity contribution < 1.29 is 24.5 Å². The second-order valence-electron chi connectivity index (χ2n) is 2.75. The first-order valence-corrected chi connectivity index (χ1v) is 4.65. The maximum atomic E-state index is 9.45. The van der Waals surface area contributed by atoms with Gasteiger partial charge in [0, 0.05) is 27.3 Å². The van der Waals surface area contributed by atoms with Crippen molar-refractivity contribution in [1.82, 2.24) is 5.32 Å². The Balaban J connectivity index is 0. The van der Waals surface area contributed by atoms with Crippen molar-refractivity contribution in [2.75, 3.05) is 40.5 Å². The molecule has 0 aromatic heterocycles. The molecule has 15 heavy (non-hydrogen) atoms. The van der Waals surface area contributed by atoms with Crippen LogP contribution in [-0.2, 0) is 14.3 Å². The Morgan fingerprint density at radius 3 is 1.80 bits per heavy atom. The third kappa shape index (κ3) is 19.6. The molecule has 0 amide bonds. The second kappa shape index (κ2) is 13.3. The molecule has 0 fully saturated rings. The standard InChI is InChI=1S/C6H15NO2.C3H6O3/c1-8-5-3-7-4-6-9-2;1-2(4)3(5)6/h7H,3-6H2,1-2H3;2,4H,1H3,(H,5,6). The van der Waals surface area contributed by atoms with E-state index in [0.29, 0.717) is 0 Å². The Hall–Kier alpha value is -0.690. The lowest BCUT2D eigenvalue weighted by Crippen LogP contribution is -2.23. The zero-order valence-electron chi connectivity index (χ0n) is 9.52. The van der Waals surface area contributed by atoms with Gasteiger partial charge in [-0.05, 0) is 6.92 Å². The van der Waals surface area contributed by atoms with Gasteiger partial charge >= 0.3 is 5.97 Å². The number of aliphatic hydroxyl groups is 1. The first kappa shape index (κ1) is 16.7. The molecule has 0 aliphatic carbocycles. The Kier molecular flexibility index (Phi) is 14.8. The monoisotopic (exact) mass is 223 g/mol. The molecule has 92 valence electrons. The van der Waals surface area contributed by atoms with Crippen molar-refractivity contribution in [2.45, 2.75) is 13.0 Å². The van der Waals surface area contributed by atoms with Crippen LogP contribution < -0.4 is 5.32 Å². The summed E-state index contributed by atoms with van der Waals surface area (Å²) in [5.41, 5.74) is 0. The average molecular weight is 223 g/mol. The molecule has 6 heteroatoms. The number of aliphatic hydroxyl groups excluding tert-OH is 1. The number of rotatable bonds is 7. The molecular weight excluding hydrogens is 202 g/mol. The number of aliphatic carboxylic acids is 1. The molecule has 1 unspecified atom stereocenters. The lowest BCUT2D eigenvalue weighted by Gasteiger charge is -2.01. The van der Waals surface area contributed by atoms with E-state index in [1.165, 1.54) is 6.92 Å². The van der Waals surface area contributed by atoms with Crippen molar-refractivity contribution >= 4 is 5.97 Å². The van der Waals surface area contributed by atoms with Crippen LogP contribution in [0, 0.1) is 0 Å². The molecule has 0 aliphatic rings. The van der Waals surface area contributed by atoms with E-state index in [2.05, 4.69) is 5.32 Å². The number of methoxy groups -OCH3 is 2. The molecule has 0 saturated heterocycles. The molecule has 0 aliphatic heterocycles. The smallest absolute Gasteiger partial charge is 0.332 e. The van der Waals surface area contributed by atoms with E-state index in [-0.39, 0.29) is 0 Å². The van der Waals surface area contributed by atoms with Crippen molar-refractivity contribution in [3.05, 3.63) is 0 Å². The van der Waals surface area contributed by atoms with Gasteiger partial charge in [0.15, 0.2) is 0 Å². The summed E-state index contributed by atoms with van der Waals surface area (Å²) in [6, 6.07) is 0. The van der Waals surface area contributed by atoms with Crippen LogP contribution >= 0.6 is 0 Å². The van der Waals surface area contributed by atoms with E-state index >= 15 is 0 Å². The third-order valence-electron chi connectivity index (χ3n) is 1.32. The Bertz CT molecular complexity index is 134. The van der Waals surface area contributed by atoms with Crippen molar-refractivity contribution in [2.24, 2.45) is 0 Å². The predicted molar refractivity (Wildman–Crippen MR) is 55.9 cm³/mol. The highest BCUT2D eigenvalue weighted by molar-refractivity contribution is 5.71. The summed E-state index contributed by atoms with van der Waals surface area (Å²) in [6.45, 7) is 4.54. The van der Waals surface area contributed by atoms with Crippen LogP contribution in [-0.4, -0.2) is 62.8 Å². The van der Waals surface area contributed by atoms with E-state index in [0.717, 1.165) is 26.3 Å². The highest BCUT2D eigenvalue weighted by atomic mass is 16.5. The summed E-state index contributed by atoms with van der Waals surface area (Å²) in [5.74, 6) is -1.19. The number of carboxylic acids is 1. The van der Waals surface area contributed by atoms with Gasteiger partial charge in [-0.3, -0.25) is 0 Å². The molecule has 0 saturated carbocycles. The van der Waals surface area contributed by atoms with Crippen LogP contribution in [0.25, 0.3) is 0 Å². The molecule has 0 rings (SSSR count). The Labute approximate surface area is 90.2 Å². The van der Waals surface area contributed by atoms with Crippen LogP contribution in [0.4, 0.5) is 0 Å². The molecule has 0 aromatic rings. The highest BCUT2D eigenvalue weighted by Crippen LogP contribution is 1.73.